The van der Waals surface area contributed by atoms with Gasteiger partial charge in [0.25, 0.3) is 5.91 Å². The van der Waals surface area contributed by atoms with E-state index >= 15 is 0 Å². The van der Waals surface area contributed by atoms with Gasteiger partial charge in [-0.25, -0.2) is 0 Å². The number of rotatable bonds is 6. The first-order valence-corrected chi connectivity index (χ1v) is 10.7. The number of aliphatic carboxylic acids is 1. The van der Waals surface area contributed by atoms with Crippen LogP contribution in [0.5, 0.6) is 17.2 Å². The first kappa shape index (κ1) is 21.7. The molecule has 6 nitrogen and oxygen atoms in total. The lowest BCUT2D eigenvalue weighted by molar-refractivity contribution is -0.139. The number of nitrogens with zero attached hydrogens (tertiary/aromatic N) is 1. The van der Waals surface area contributed by atoms with E-state index in [0.717, 1.165) is 5.69 Å². The number of hydrogen-bond donors (Lipinski definition) is 1. The van der Waals surface area contributed by atoms with E-state index in [2.05, 4.69) is 0 Å². The van der Waals surface area contributed by atoms with Crippen LogP contribution in [-0.2, 0) is 4.79 Å². The molecule has 3 aromatic rings. The Bertz CT molecular complexity index is 1130. The largest absolute Gasteiger partial charge is 0.493 e. The lowest BCUT2D eigenvalue weighted by Gasteiger charge is -2.23. The van der Waals surface area contributed by atoms with Gasteiger partial charge < -0.3 is 19.5 Å². The molecule has 1 heterocycles. The molecular weight excluding hydrogens is 430 g/mol. The second-order valence-electron chi connectivity index (χ2n) is 7.38. The maximum atomic E-state index is 13.0. The van der Waals surface area contributed by atoms with E-state index in [0.29, 0.717) is 53.0 Å². The number of carbonyl (C=O) groups is 2. The molecule has 1 unspecified atom stereocenters. The van der Waals surface area contributed by atoms with Crippen LogP contribution >= 0.6 is 11.6 Å². The molecule has 0 aliphatic carbocycles. The van der Waals surface area contributed by atoms with Crippen LogP contribution in [0.2, 0.25) is 5.02 Å². The van der Waals surface area contributed by atoms with Crippen LogP contribution in [0.25, 0.3) is 0 Å². The Balaban J connectivity index is 1.49. The smallest absolute Gasteiger partial charge is 0.311 e. The number of halogens is 1. The van der Waals surface area contributed by atoms with Gasteiger partial charge in [-0.05, 0) is 67.9 Å². The lowest BCUT2D eigenvalue weighted by atomic mass is 9.93. The number of benzene rings is 3. The molecule has 32 heavy (non-hydrogen) atoms. The van der Waals surface area contributed by atoms with Gasteiger partial charge in [-0.1, -0.05) is 17.7 Å². The molecule has 1 aliphatic heterocycles. The standard InChI is InChI=1S/C25H22ClNO5/c1-2-27(18-7-5-17(26)6-8-18)24(28)16-3-9-19(10-4-16)32-20-11-12-21-22(25(29)30)13-14-31-23(21)15-20/h3-12,15,22H,2,13-14H2,1H3,(H,29,30). The van der Waals surface area contributed by atoms with Crippen molar-refractivity contribution in [3.05, 3.63) is 82.9 Å². The average Bonchev–Trinajstić information content (AvgIpc) is 2.80. The highest BCUT2D eigenvalue weighted by Gasteiger charge is 2.27. The summed E-state index contributed by atoms with van der Waals surface area (Å²) < 4.78 is 11.5. The molecule has 164 valence electrons. The van der Waals surface area contributed by atoms with E-state index < -0.39 is 11.9 Å². The molecule has 0 fully saturated rings. The second kappa shape index (κ2) is 9.32. The molecule has 0 saturated heterocycles. The molecule has 1 amide bonds. The molecule has 4 rings (SSSR count). The fourth-order valence-corrected chi connectivity index (χ4v) is 3.84. The Hall–Kier alpha value is -3.51. The number of anilines is 1. The molecule has 0 spiro atoms. The minimum absolute atomic E-state index is 0.122. The summed E-state index contributed by atoms with van der Waals surface area (Å²) in [5.41, 5.74) is 1.96. The van der Waals surface area contributed by atoms with Crippen molar-refractivity contribution in [3.63, 3.8) is 0 Å². The van der Waals surface area contributed by atoms with E-state index in [-0.39, 0.29) is 5.91 Å². The topological polar surface area (TPSA) is 76.1 Å². The zero-order valence-corrected chi connectivity index (χ0v) is 18.2. The SMILES string of the molecule is CCN(C(=O)c1ccc(Oc2ccc3c(c2)OCCC3C(=O)O)cc1)c1ccc(Cl)cc1. The number of carboxylic acid groups (broad SMARTS) is 1. The maximum Gasteiger partial charge on any atom is 0.311 e. The molecule has 0 radical (unpaired) electrons. The van der Waals surface area contributed by atoms with Crippen LogP contribution in [0.4, 0.5) is 5.69 Å². The summed E-state index contributed by atoms with van der Waals surface area (Å²) in [5, 5.41) is 9.99. The van der Waals surface area contributed by atoms with E-state index in [4.69, 9.17) is 21.1 Å². The monoisotopic (exact) mass is 451 g/mol. The molecule has 7 heteroatoms. The minimum Gasteiger partial charge on any atom is -0.493 e. The van der Waals surface area contributed by atoms with Gasteiger partial charge in [0.2, 0.25) is 0 Å². The van der Waals surface area contributed by atoms with Crippen LogP contribution < -0.4 is 14.4 Å². The van der Waals surface area contributed by atoms with Gasteiger partial charge >= 0.3 is 5.97 Å². The highest BCUT2D eigenvalue weighted by molar-refractivity contribution is 6.30. The normalized spacial score (nSPS) is 14.8. The molecule has 0 bridgehead atoms. The number of carbonyl (C=O) groups excluding carboxylic acids is 1. The highest BCUT2D eigenvalue weighted by Crippen LogP contribution is 2.37. The Morgan fingerprint density at radius 1 is 1.06 bits per heavy atom. The highest BCUT2D eigenvalue weighted by atomic mass is 35.5. The Morgan fingerprint density at radius 2 is 1.75 bits per heavy atom. The van der Waals surface area contributed by atoms with Gasteiger partial charge in [0.05, 0.1) is 12.5 Å². The third-order valence-corrected chi connectivity index (χ3v) is 5.61. The Kier molecular flexibility index (Phi) is 6.32. The third kappa shape index (κ3) is 4.55. The van der Waals surface area contributed by atoms with Gasteiger partial charge in [0.1, 0.15) is 17.2 Å². The number of carboxylic acids is 1. The fourth-order valence-electron chi connectivity index (χ4n) is 3.71. The summed E-state index contributed by atoms with van der Waals surface area (Å²) in [6.45, 7) is 2.79. The van der Waals surface area contributed by atoms with Crippen molar-refractivity contribution in [2.75, 3.05) is 18.1 Å². The first-order chi connectivity index (χ1) is 15.5. The fraction of sp³-hybridized carbons (Fsp3) is 0.200. The zero-order valence-electron chi connectivity index (χ0n) is 17.5. The first-order valence-electron chi connectivity index (χ1n) is 10.3. The van der Waals surface area contributed by atoms with E-state index in [1.165, 1.54) is 0 Å². The molecule has 0 aromatic heterocycles. The molecule has 3 aromatic carbocycles. The molecule has 0 saturated carbocycles. The lowest BCUT2D eigenvalue weighted by Crippen LogP contribution is -2.30. The average molecular weight is 452 g/mol. The predicted octanol–water partition coefficient (Wildman–Crippen LogP) is 5.75. The summed E-state index contributed by atoms with van der Waals surface area (Å²) in [4.78, 5) is 26.1. The van der Waals surface area contributed by atoms with Crippen molar-refractivity contribution >= 4 is 29.2 Å². The van der Waals surface area contributed by atoms with Crippen LogP contribution in [0.1, 0.15) is 35.2 Å². The zero-order chi connectivity index (χ0) is 22.7. The van der Waals surface area contributed by atoms with Crippen molar-refractivity contribution in [3.8, 4) is 17.2 Å². The Morgan fingerprint density at radius 3 is 2.41 bits per heavy atom. The van der Waals surface area contributed by atoms with Gasteiger partial charge in [-0.2, -0.15) is 0 Å². The summed E-state index contributed by atoms with van der Waals surface area (Å²) in [7, 11) is 0. The number of fused-ring (bicyclic) bond motifs is 1. The number of amides is 1. The van der Waals surface area contributed by atoms with Crippen molar-refractivity contribution in [1.29, 1.82) is 0 Å². The molecular formula is C25H22ClNO5. The second-order valence-corrected chi connectivity index (χ2v) is 7.82. The van der Waals surface area contributed by atoms with Gasteiger partial charge in [0.15, 0.2) is 0 Å². The summed E-state index contributed by atoms with van der Waals surface area (Å²) >= 11 is 5.95. The van der Waals surface area contributed by atoms with Gasteiger partial charge in [-0.15, -0.1) is 0 Å². The maximum absolute atomic E-state index is 13.0. The molecule has 1 N–H and O–H groups in total. The molecule has 1 aliphatic rings. The van der Waals surface area contributed by atoms with E-state index in [1.807, 2.05) is 19.1 Å². The molecule has 1 atom stereocenters. The predicted molar refractivity (Wildman–Crippen MR) is 122 cm³/mol. The summed E-state index contributed by atoms with van der Waals surface area (Å²) in [6.07, 6.45) is 0.447. The van der Waals surface area contributed by atoms with Crippen molar-refractivity contribution in [2.24, 2.45) is 0 Å². The van der Waals surface area contributed by atoms with Crippen LogP contribution in [-0.4, -0.2) is 30.1 Å². The van der Waals surface area contributed by atoms with Crippen LogP contribution in [0, 0.1) is 0 Å². The number of ether oxygens (including phenoxy) is 2. The number of hydrogen-bond acceptors (Lipinski definition) is 4. The van der Waals surface area contributed by atoms with Gasteiger partial charge in [-0.3, -0.25) is 9.59 Å². The van der Waals surface area contributed by atoms with E-state index in [1.54, 1.807) is 59.5 Å². The van der Waals surface area contributed by atoms with Crippen LogP contribution in [0.3, 0.4) is 0 Å². The summed E-state index contributed by atoms with van der Waals surface area (Å²) in [6, 6.07) is 19.2. The third-order valence-electron chi connectivity index (χ3n) is 5.36. The van der Waals surface area contributed by atoms with Crippen LogP contribution in [0.15, 0.2) is 66.7 Å². The minimum atomic E-state index is -0.858. The van der Waals surface area contributed by atoms with Crippen molar-refractivity contribution in [2.45, 2.75) is 19.3 Å². The Labute approximate surface area is 191 Å². The van der Waals surface area contributed by atoms with Gasteiger partial charge in [0, 0.05) is 34.4 Å². The quantitative estimate of drug-likeness (QED) is 0.516. The summed E-state index contributed by atoms with van der Waals surface area (Å²) in [5.74, 6) is 0.0630. The van der Waals surface area contributed by atoms with Crippen molar-refractivity contribution < 1.29 is 24.2 Å². The van der Waals surface area contributed by atoms with Crippen molar-refractivity contribution in [1.82, 2.24) is 0 Å². The van der Waals surface area contributed by atoms with E-state index in [9.17, 15) is 14.7 Å².